The Morgan fingerprint density at radius 2 is 1.95 bits per heavy atom. The molecule has 0 spiro atoms. The lowest BCUT2D eigenvalue weighted by Gasteiger charge is -2.32. The first-order chi connectivity index (χ1) is 10.1. The van der Waals surface area contributed by atoms with E-state index in [4.69, 9.17) is 5.73 Å². The number of nitrogens with two attached hydrogens (primary N) is 1. The van der Waals surface area contributed by atoms with Crippen molar-refractivity contribution in [3.63, 3.8) is 0 Å². The van der Waals surface area contributed by atoms with E-state index in [9.17, 15) is 4.79 Å². The minimum absolute atomic E-state index is 0.128. The zero-order valence-corrected chi connectivity index (χ0v) is 12.8. The molecular weight excluding hydrogens is 262 g/mol. The Kier molecular flexibility index (Phi) is 4.15. The molecule has 2 aliphatic heterocycles. The van der Waals surface area contributed by atoms with Crippen LogP contribution in [0.3, 0.4) is 0 Å². The molecule has 1 atom stereocenters. The molecule has 2 saturated heterocycles. The summed E-state index contributed by atoms with van der Waals surface area (Å²) >= 11 is 0. The summed E-state index contributed by atoms with van der Waals surface area (Å²) in [6.45, 7) is 5.68. The second-order valence-corrected chi connectivity index (χ2v) is 6.37. The number of carbonyl (C=O) groups excluding carboxylic acids is 1. The quantitative estimate of drug-likeness (QED) is 0.907. The smallest absolute Gasteiger partial charge is 0.256 e. The van der Waals surface area contributed by atoms with Crippen LogP contribution in [0.25, 0.3) is 0 Å². The lowest BCUT2D eigenvalue weighted by Crippen LogP contribution is -2.46. The van der Waals surface area contributed by atoms with Crippen LogP contribution >= 0.6 is 0 Å². The highest BCUT2D eigenvalue weighted by molar-refractivity contribution is 6.00. The van der Waals surface area contributed by atoms with Gasteiger partial charge in [-0.15, -0.1) is 0 Å². The van der Waals surface area contributed by atoms with Crippen LogP contribution in [0.1, 0.15) is 41.6 Å². The molecule has 2 aliphatic rings. The number of aryl methyl sites for hydroxylation is 1. The van der Waals surface area contributed by atoms with Crippen LogP contribution in [-0.4, -0.2) is 43.0 Å². The molecule has 2 N–H and O–H groups in total. The van der Waals surface area contributed by atoms with Crippen LogP contribution < -0.4 is 10.6 Å². The first kappa shape index (κ1) is 14.4. The molecule has 0 aliphatic carbocycles. The van der Waals surface area contributed by atoms with Crippen molar-refractivity contribution in [1.82, 2.24) is 4.90 Å². The van der Waals surface area contributed by atoms with E-state index in [1.54, 1.807) is 0 Å². The van der Waals surface area contributed by atoms with E-state index in [0.29, 0.717) is 6.54 Å². The molecule has 2 heterocycles. The standard InChI is InChI=1S/C17H25N3O/c1-13-6-7-16(19-8-2-3-9-19)15(11-13)17(21)20-10-4-5-14(18)12-20/h6-7,11,14H,2-5,8-10,12,18H2,1H3. The fourth-order valence-electron chi connectivity index (χ4n) is 3.42. The lowest BCUT2D eigenvalue weighted by molar-refractivity contribution is 0.0709. The SMILES string of the molecule is Cc1ccc(N2CCCC2)c(C(=O)N2CCCC(N)C2)c1. The van der Waals surface area contributed by atoms with E-state index in [0.717, 1.165) is 49.3 Å². The summed E-state index contributed by atoms with van der Waals surface area (Å²) in [7, 11) is 0. The molecule has 1 unspecified atom stereocenters. The Balaban J connectivity index is 1.88. The molecule has 3 rings (SSSR count). The number of rotatable bonds is 2. The van der Waals surface area contributed by atoms with Gasteiger partial charge in [-0.25, -0.2) is 0 Å². The highest BCUT2D eigenvalue weighted by Gasteiger charge is 2.26. The summed E-state index contributed by atoms with van der Waals surface area (Å²) in [6, 6.07) is 6.38. The van der Waals surface area contributed by atoms with Gasteiger partial charge in [0.15, 0.2) is 0 Å². The molecule has 2 fully saturated rings. The number of benzene rings is 1. The summed E-state index contributed by atoms with van der Waals surface area (Å²) in [5.74, 6) is 0.149. The van der Waals surface area contributed by atoms with Crippen LogP contribution in [-0.2, 0) is 0 Å². The van der Waals surface area contributed by atoms with Gasteiger partial charge >= 0.3 is 0 Å². The third-order valence-corrected chi connectivity index (χ3v) is 4.57. The van der Waals surface area contributed by atoms with Crippen molar-refractivity contribution in [3.8, 4) is 0 Å². The van der Waals surface area contributed by atoms with E-state index >= 15 is 0 Å². The number of anilines is 1. The van der Waals surface area contributed by atoms with Gasteiger partial charge in [0, 0.05) is 37.9 Å². The van der Waals surface area contributed by atoms with Crippen molar-refractivity contribution in [3.05, 3.63) is 29.3 Å². The lowest BCUT2D eigenvalue weighted by atomic mass is 10.0. The zero-order valence-electron chi connectivity index (χ0n) is 12.8. The van der Waals surface area contributed by atoms with Gasteiger partial charge in [0.05, 0.1) is 5.56 Å². The number of amides is 1. The van der Waals surface area contributed by atoms with E-state index in [2.05, 4.69) is 17.0 Å². The van der Waals surface area contributed by atoms with Gasteiger partial charge in [-0.05, 0) is 44.7 Å². The fourth-order valence-corrected chi connectivity index (χ4v) is 3.42. The van der Waals surface area contributed by atoms with Gasteiger partial charge in [0.1, 0.15) is 0 Å². The first-order valence-electron chi connectivity index (χ1n) is 8.05. The number of nitrogens with zero attached hydrogens (tertiary/aromatic N) is 2. The van der Waals surface area contributed by atoms with Crippen LogP contribution in [0.15, 0.2) is 18.2 Å². The monoisotopic (exact) mass is 287 g/mol. The maximum absolute atomic E-state index is 12.9. The second-order valence-electron chi connectivity index (χ2n) is 6.37. The van der Waals surface area contributed by atoms with Crippen molar-refractivity contribution < 1.29 is 4.79 Å². The largest absolute Gasteiger partial charge is 0.371 e. The summed E-state index contributed by atoms with van der Waals surface area (Å²) < 4.78 is 0. The average Bonchev–Trinajstić information content (AvgIpc) is 3.00. The number of hydrogen-bond acceptors (Lipinski definition) is 3. The second kappa shape index (κ2) is 6.06. The maximum atomic E-state index is 12.9. The maximum Gasteiger partial charge on any atom is 0.256 e. The van der Waals surface area contributed by atoms with Crippen molar-refractivity contribution in [1.29, 1.82) is 0 Å². The molecule has 114 valence electrons. The predicted molar refractivity (Wildman–Crippen MR) is 85.7 cm³/mol. The first-order valence-corrected chi connectivity index (χ1v) is 8.05. The Morgan fingerprint density at radius 1 is 1.19 bits per heavy atom. The molecule has 4 nitrogen and oxygen atoms in total. The van der Waals surface area contributed by atoms with Crippen molar-refractivity contribution in [2.45, 2.75) is 38.6 Å². The van der Waals surface area contributed by atoms with Gasteiger partial charge in [-0.3, -0.25) is 4.79 Å². The Labute approximate surface area is 126 Å². The average molecular weight is 287 g/mol. The molecule has 1 aromatic rings. The molecule has 1 amide bonds. The topological polar surface area (TPSA) is 49.6 Å². The van der Waals surface area contributed by atoms with Gasteiger partial charge in [0.2, 0.25) is 0 Å². The number of likely N-dealkylation sites (tertiary alicyclic amines) is 1. The highest BCUT2D eigenvalue weighted by atomic mass is 16.2. The summed E-state index contributed by atoms with van der Waals surface area (Å²) in [5.41, 5.74) is 9.12. The summed E-state index contributed by atoms with van der Waals surface area (Å²) in [6.07, 6.45) is 4.47. The van der Waals surface area contributed by atoms with E-state index in [1.165, 1.54) is 12.8 Å². The predicted octanol–water partition coefficient (Wildman–Crippen LogP) is 2.16. The zero-order chi connectivity index (χ0) is 14.8. The minimum Gasteiger partial charge on any atom is -0.371 e. The molecule has 0 radical (unpaired) electrons. The number of carbonyl (C=O) groups is 1. The Bertz CT molecular complexity index is 523. The van der Waals surface area contributed by atoms with Crippen molar-refractivity contribution in [2.75, 3.05) is 31.1 Å². The molecule has 0 saturated carbocycles. The summed E-state index contributed by atoms with van der Waals surface area (Å²) in [4.78, 5) is 17.2. The molecule has 0 bridgehead atoms. The van der Waals surface area contributed by atoms with Crippen LogP contribution in [0.4, 0.5) is 5.69 Å². The van der Waals surface area contributed by atoms with Crippen LogP contribution in [0.5, 0.6) is 0 Å². The van der Waals surface area contributed by atoms with Crippen LogP contribution in [0, 0.1) is 6.92 Å². The molecular formula is C17H25N3O. The van der Waals surface area contributed by atoms with Crippen molar-refractivity contribution >= 4 is 11.6 Å². The molecule has 21 heavy (non-hydrogen) atoms. The normalized spacial score (nSPS) is 22.7. The van der Waals surface area contributed by atoms with Gasteiger partial charge < -0.3 is 15.5 Å². The summed E-state index contributed by atoms with van der Waals surface area (Å²) in [5, 5.41) is 0. The van der Waals surface area contributed by atoms with Gasteiger partial charge in [-0.1, -0.05) is 11.6 Å². The highest BCUT2D eigenvalue weighted by Crippen LogP contribution is 2.27. The Hall–Kier alpha value is -1.55. The third-order valence-electron chi connectivity index (χ3n) is 4.57. The molecule has 1 aromatic carbocycles. The third kappa shape index (κ3) is 3.05. The molecule has 4 heteroatoms. The van der Waals surface area contributed by atoms with E-state index in [1.807, 2.05) is 17.9 Å². The minimum atomic E-state index is 0.128. The van der Waals surface area contributed by atoms with Gasteiger partial charge in [-0.2, -0.15) is 0 Å². The van der Waals surface area contributed by atoms with Crippen LogP contribution in [0.2, 0.25) is 0 Å². The fraction of sp³-hybridized carbons (Fsp3) is 0.588. The van der Waals surface area contributed by atoms with Crippen molar-refractivity contribution in [2.24, 2.45) is 5.73 Å². The van der Waals surface area contributed by atoms with E-state index in [-0.39, 0.29) is 11.9 Å². The molecule has 0 aromatic heterocycles. The number of hydrogen-bond donors (Lipinski definition) is 1. The van der Waals surface area contributed by atoms with E-state index < -0.39 is 0 Å². The van der Waals surface area contributed by atoms with Gasteiger partial charge in [0.25, 0.3) is 5.91 Å². The number of piperidine rings is 1. The Morgan fingerprint density at radius 3 is 2.67 bits per heavy atom.